The van der Waals surface area contributed by atoms with E-state index >= 15 is 0 Å². The SMILES string of the molecule is Cc1nc2cc(NCc3cccc(Br)c3)c(N)cc2s1. The summed E-state index contributed by atoms with van der Waals surface area (Å²) < 4.78 is 2.21. The molecule has 0 fully saturated rings. The highest BCUT2D eigenvalue weighted by molar-refractivity contribution is 9.10. The first-order chi connectivity index (χ1) is 9.61. The lowest BCUT2D eigenvalue weighted by Crippen LogP contribution is -2.02. The topological polar surface area (TPSA) is 50.9 Å². The van der Waals surface area contributed by atoms with Gasteiger partial charge in [-0.3, -0.25) is 0 Å². The smallest absolute Gasteiger partial charge is 0.0907 e. The zero-order valence-electron chi connectivity index (χ0n) is 11.0. The lowest BCUT2D eigenvalue weighted by atomic mass is 10.2. The van der Waals surface area contributed by atoms with Crippen LogP contribution in [0.15, 0.2) is 40.9 Å². The molecule has 0 aliphatic rings. The van der Waals surface area contributed by atoms with Gasteiger partial charge >= 0.3 is 0 Å². The zero-order chi connectivity index (χ0) is 14.1. The Bertz CT molecular complexity index is 767. The van der Waals surface area contributed by atoms with Crippen molar-refractivity contribution in [2.24, 2.45) is 0 Å². The van der Waals surface area contributed by atoms with E-state index in [0.717, 1.165) is 37.6 Å². The number of anilines is 2. The van der Waals surface area contributed by atoms with Crippen LogP contribution in [-0.4, -0.2) is 4.98 Å². The fraction of sp³-hybridized carbons (Fsp3) is 0.133. The van der Waals surface area contributed by atoms with Crippen molar-refractivity contribution in [3.8, 4) is 0 Å². The third kappa shape index (κ3) is 2.78. The number of thiazole rings is 1. The highest BCUT2D eigenvalue weighted by atomic mass is 79.9. The van der Waals surface area contributed by atoms with Gasteiger partial charge in [-0.25, -0.2) is 4.98 Å². The molecule has 1 aromatic heterocycles. The number of nitrogens with zero attached hydrogens (tertiary/aromatic N) is 1. The largest absolute Gasteiger partial charge is 0.397 e. The number of nitrogens with two attached hydrogens (primary N) is 1. The Labute approximate surface area is 130 Å². The molecule has 0 amide bonds. The van der Waals surface area contributed by atoms with Gasteiger partial charge < -0.3 is 11.1 Å². The van der Waals surface area contributed by atoms with E-state index in [0.29, 0.717) is 0 Å². The summed E-state index contributed by atoms with van der Waals surface area (Å²) in [7, 11) is 0. The van der Waals surface area contributed by atoms with Gasteiger partial charge in [0.15, 0.2) is 0 Å². The summed E-state index contributed by atoms with van der Waals surface area (Å²) in [6.45, 7) is 2.74. The molecule has 0 saturated heterocycles. The van der Waals surface area contributed by atoms with Crippen molar-refractivity contribution in [3.63, 3.8) is 0 Å². The molecule has 0 bridgehead atoms. The van der Waals surface area contributed by atoms with E-state index in [-0.39, 0.29) is 0 Å². The van der Waals surface area contributed by atoms with Crippen molar-refractivity contribution >= 4 is 48.9 Å². The highest BCUT2D eigenvalue weighted by Crippen LogP contribution is 2.30. The Morgan fingerprint density at radius 1 is 1.30 bits per heavy atom. The van der Waals surface area contributed by atoms with Gasteiger partial charge in [0, 0.05) is 11.0 Å². The average Bonchev–Trinajstić information content (AvgIpc) is 2.75. The lowest BCUT2D eigenvalue weighted by Gasteiger charge is -2.09. The quantitative estimate of drug-likeness (QED) is 0.682. The molecule has 3 aromatic rings. The predicted octanol–water partition coefficient (Wildman–Crippen LogP) is 4.56. The van der Waals surface area contributed by atoms with Crippen molar-refractivity contribution in [3.05, 3.63) is 51.4 Å². The number of aryl methyl sites for hydroxylation is 1. The van der Waals surface area contributed by atoms with Crippen LogP contribution in [0.4, 0.5) is 11.4 Å². The summed E-state index contributed by atoms with van der Waals surface area (Å²) in [6, 6.07) is 12.2. The van der Waals surface area contributed by atoms with Gasteiger partial charge in [-0.1, -0.05) is 28.1 Å². The van der Waals surface area contributed by atoms with Crippen LogP contribution >= 0.6 is 27.3 Å². The molecule has 102 valence electrons. The maximum atomic E-state index is 6.10. The normalized spacial score (nSPS) is 10.9. The molecule has 0 saturated carbocycles. The average molecular weight is 348 g/mol. The minimum Gasteiger partial charge on any atom is -0.397 e. The van der Waals surface area contributed by atoms with Crippen LogP contribution in [0.1, 0.15) is 10.6 Å². The van der Waals surface area contributed by atoms with Crippen molar-refractivity contribution in [2.45, 2.75) is 13.5 Å². The van der Waals surface area contributed by atoms with Gasteiger partial charge in [0.1, 0.15) is 0 Å². The number of fused-ring (bicyclic) bond motifs is 1. The number of hydrogen-bond acceptors (Lipinski definition) is 4. The minimum atomic E-state index is 0.734. The highest BCUT2D eigenvalue weighted by Gasteiger charge is 2.06. The standard InChI is InChI=1S/C15H14BrN3S/c1-9-19-14-7-13(12(17)6-15(14)20-9)18-8-10-3-2-4-11(16)5-10/h2-7,18H,8,17H2,1H3. The van der Waals surface area contributed by atoms with Crippen LogP contribution in [0, 0.1) is 6.92 Å². The monoisotopic (exact) mass is 347 g/mol. The van der Waals surface area contributed by atoms with Crippen molar-refractivity contribution < 1.29 is 0 Å². The first-order valence-corrected chi connectivity index (χ1v) is 7.88. The molecule has 0 spiro atoms. The Hall–Kier alpha value is -1.59. The van der Waals surface area contributed by atoms with Gasteiger partial charge in [-0.2, -0.15) is 0 Å². The Balaban J connectivity index is 1.85. The molecule has 3 rings (SSSR count). The van der Waals surface area contributed by atoms with Crippen LogP contribution < -0.4 is 11.1 Å². The number of aromatic nitrogens is 1. The van der Waals surface area contributed by atoms with E-state index in [4.69, 9.17) is 5.73 Å². The number of benzene rings is 2. The second kappa shape index (κ2) is 5.42. The number of halogens is 1. The minimum absolute atomic E-state index is 0.734. The van der Waals surface area contributed by atoms with Gasteiger partial charge in [-0.05, 0) is 36.8 Å². The number of nitrogen functional groups attached to an aromatic ring is 1. The molecule has 0 unspecified atom stereocenters. The van der Waals surface area contributed by atoms with Crippen LogP contribution in [0.2, 0.25) is 0 Å². The van der Waals surface area contributed by atoms with E-state index in [1.807, 2.05) is 31.2 Å². The van der Waals surface area contributed by atoms with E-state index in [2.05, 4.69) is 38.4 Å². The van der Waals surface area contributed by atoms with E-state index < -0.39 is 0 Å². The van der Waals surface area contributed by atoms with Crippen LogP contribution in [0.3, 0.4) is 0 Å². The fourth-order valence-electron chi connectivity index (χ4n) is 2.10. The third-order valence-electron chi connectivity index (χ3n) is 3.04. The van der Waals surface area contributed by atoms with Crippen LogP contribution in [-0.2, 0) is 6.54 Å². The van der Waals surface area contributed by atoms with Crippen molar-refractivity contribution in [1.29, 1.82) is 0 Å². The molecule has 0 atom stereocenters. The van der Waals surface area contributed by atoms with Gasteiger partial charge in [0.25, 0.3) is 0 Å². The molecular formula is C15H14BrN3S. The number of hydrogen-bond donors (Lipinski definition) is 2. The van der Waals surface area contributed by atoms with Gasteiger partial charge in [-0.15, -0.1) is 11.3 Å². The second-order valence-electron chi connectivity index (χ2n) is 4.62. The fourth-order valence-corrected chi connectivity index (χ4v) is 3.41. The zero-order valence-corrected chi connectivity index (χ0v) is 13.4. The van der Waals surface area contributed by atoms with E-state index in [1.54, 1.807) is 11.3 Å². The number of nitrogens with one attached hydrogen (secondary N) is 1. The summed E-state index contributed by atoms with van der Waals surface area (Å²) in [6.07, 6.45) is 0. The second-order valence-corrected chi connectivity index (χ2v) is 6.77. The molecular weight excluding hydrogens is 334 g/mol. The molecule has 5 heteroatoms. The summed E-state index contributed by atoms with van der Waals surface area (Å²) >= 11 is 5.14. The summed E-state index contributed by atoms with van der Waals surface area (Å²) in [5.74, 6) is 0. The Kier molecular flexibility index (Phi) is 3.63. The molecule has 0 aliphatic carbocycles. The lowest BCUT2D eigenvalue weighted by molar-refractivity contribution is 1.15. The van der Waals surface area contributed by atoms with E-state index in [1.165, 1.54) is 5.56 Å². The first-order valence-electron chi connectivity index (χ1n) is 6.27. The molecule has 2 aromatic carbocycles. The maximum Gasteiger partial charge on any atom is 0.0907 e. The summed E-state index contributed by atoms with van der Waals surface area (Å²) in [4.78, 5) is 4.50. The first kappa shape index (κ1) is 13.4. The maximum absolute atomic E-state index is 6.10. The number of rotatable bonds is 3. The molecule has 20 heavy (non-hydrogen) atoms. The summed E-state index contributed by atoms with van der Waals surface area (Å²) in [5, 5.41) is 4.44. The van der Waals surface area contributed by atoms with Gasteiger partial charge in [0.2, 0.25) is 0 Å². The van der Waals surface area contributed by atoms with Crippen molar-refractivity contribution in [1.82, 2.24) is 4.98 Å². The van der Waals surface area contributed by atoms with Crippen LogP contribution in [0.25, 0.3) is 10.2 Å². The molecule has 3 nitrogen and oxygen atoms in total. The van der Waals surface area contributed by atoms with E-state index in [9.17, 15) is 0 Å². The predicted molar refractivity (Wildman–Crippen MR) is 90.2 cm³/mol. The molecule has 0 radical (unpaired) electrons. The molecule has 1 heterocycles. The Morgan fingerprint density at radius 2 is 2.15 bits per heavy atom. The Morgan fingerprint density at radius 3 is 2.95 bits per heavy atom. The summed E-state index contributed by atoms with van der Waals surface area (Å²) in [5.41, 5.74) is 9.99. The third-order valence-corrected chi connectivity index (χ3v) is 4.47. The molecule has 3 N–H and O–H groups in total. The van der Waals surface area contributed by atoms with Gasteiger partial charge in [0.05, 0.1) is 26.6 Å². The molecule has 0 aliphatic heterocycles. The van der Waals surface area contributed by atoms with Crippen LogP contribution in [0.5, 0.6) is 0 Å². The van der Waals surface area contributed by atoms with Crippen molar-refractivity contribution in [2.75, 3.05) is 11.1 Å².